The van der Waals surface area contributed by atoms with Gasteiger partial charge >= 0.3 is 6.03 Å². The van der Waals surface area contributed by atoms with E-state index in [9.17, 15) is 4.79 Å². The molecule has 0 aliphatic rings. The van der Waals surface area contributed by atoms with E-state index in [2.05, 4.69) is 10.6 Å². The molecule has 0 atom stereocenters. The van der Waals surface area contributed by atoms with Gasteiger partial charge in [-0.3, -0.25) is 0 Å². The molecule has 0 saturated heterocycles. The second kappa shape index (κ2) is 9.69. The van der Waals surface area contributed by atoms with Crippen LogP contribution < -0.4 is 15.4 Å². The number of hydrogen-bond donors (Lipinski definition) is 3. The number of aliphatic hydroxyl groups excluding tert-OH is 1. The molecule has 0 aromatic heterocycles. The smallest absolute Gasteiger partial charge is 0.317 e. The Morgan fingerprint density at radius 2 is 2.00 bits per heavy atom. The van der Waals surface area contributed by atoms with Crippen molar-refractivity contribution in [1.82, 2.24) is 10.6 Å². The van der Waals surface area contributed by atoms with Crippen LogP contribution in [0.15, 0.2) is 18.2 Å². The number of aliphatic hydroxyl groups is 1. The van der Waals surface area contributed by atoms with Crippen molar-refractivity contribution >= 4 is 29.2 Å². The molecule has 0 aliphatic heterocycles. The maximum atomic E-state index is 11.4. The van der Waals surface area contributed by atoms with Crippen molar-refractivity contribution in [3.05, 3.63) is 28.2 Å². The SMILES string of the molecule is O=C(NCCCCCO)NCOc1ccc(Cl)cc1Cl. The molecule has 1 aromatic rings. The summed E-state index contributed by atoms with van der Waals surface area (Å²) >= 11 is 11.7. The van der Waals surface area contributed by atoms with Crippen LogP contribution in [0.1, 0.15) is 19.3 Å². The molecule has 5 nitrogen and oxygen atoms in total. The first-order chi connectivity index (χ1) is 9.63. The molecule has 0 fully saturated rings. The first-order valence-corrected chi connectivity index (χ1v) is 7.09. The Balaban J connectivity index is 2.15. The van der Waals surface area contributed by atoms with E-state index < -0.39 is 0 Å². The number of benzene rings is 1. The predicted octanol–water partition coefficient (Wildman–Crippen LogP) is 2.79. The van der Waals surface area contributed by atoms with Crippen LogP contribution in [0.4, 0.5) is 4.79 Å². The van der Waals surface area contributed by atoms with Gasteiger partial charge < -0.3 is 20.5 Å². The fourth-order valence-corrected chi connectivity index (χ4v) is 1.91. The van der Waals surface area contributed by atoms with Crippen LogP contribution in [0.3, 0.4) is 0 Å². The van der Waals surface area contributed by atoms with Gasteiger partial charge in [0, 0.05) is 18.2 Å². The molecule has 0 saturated carbocycles. The van der Waals surface area contributed by atoms with Crippen molar-refractivity contribution in [2.45, 2.75) is 19.3 Å². The van der Waals surface area contributed by atoms with Gasteiger partial charge in [0.1, 0.15) is 5.75 Å². The molecule has 3 N–H and O–H groups in total. The minimum Gasteiger partial charge on any atom is -0.472 e. The summed E-state index contributed by atoms with van der Waals surface area (Å²) < 4.78 is 5.31. The standard InChI is InChI=1S/C13H18Cl2N2O3/c14-10-4-5-12(11(15)8-10)20-9-17-13(19)16-6-2-1-3-7-18/h4-5,8,18H,1-3,6-7,9H2,(H2,16,17,19). The Morgan fingerprint density at radius 3 is 2.70 bits per heavy atom. The maximum absolute atomic E-state index is 11.4. The summed E-state index contributed by atoms with van der Waals surface area (Å²) in [6.07, 6.45) is 2.47. The molecule has 0 heterocycles. The molecule has 0 bridgehead atoms. The summed E-state index contributed by atoms with van der Waals surface area (Å²) in [6, 6.07) is 4.56. The summed E-state index contributed by atoms with van der Waals surface area (Å²) in [7, 11) is 0. The molecule has 0 spiro atoms. The predicted molar refractivity (Wildman–Crippen MR) is 79.4 cm³/mol. The zero-order valence-electron chi connectivity index (χ0n) is 11.0. The zero-order valence-corrected chi connectivity index (χ0v) is 12.5. The molecule has 0 aliphatic carbocycles. The van der Waals surface area contributed by atoms with Crippen LogP contribution in [0, 0.1) is 0 Å². The topological polar surface area (TPSA) is 70.6 Å². The maximum Gasteiger partial charge on any atom is 0.317 e. The highest BCUT2D eigenvalue weighted by Gasteiger charge is 2.03. The number of rotatable bonds is 8. The van der Waals surface area contributed by atoms with Gasteiger partial charge in [-0.15, -0.1) is 0 Å². The fourth-order valence-electron chi connectivity index (χ4n) is 1.45. The van der Waals surface area contributed by atoms with E-state index in [0.717, 1.165) is 19.3 Å². The minimum absolute atomic E-state index is 0.0177. The molecule has 1 aromatic carbocycles. The lowest BCUT2D eigenvalue weighted by Crippen LogP contribution is -2.38. The van der Waals surface area contributed by atoms with Gasteiger partial charge in [0.05, 0.1) is 5.02 Å². The molecule has 20 heavy (non-hydrogen) atoms. The van der Waals surface area contributed by atoms with Gasteiger partial charge in [0.25, 0.3) is 0 Å². The first-order valence-electron chi connectivity index (χ1n) is 6.34. The molecular weight excluding hydrogens is 303 g/mol. The molecule has 0 radical (unpaired) electrons. The van der Waals surface area contributed by atoms with E-state index in [1.807, 2.05) is 0 Å². The highest BCUT2D eigenvalue weighted by atomic mass is 35.5. The summed E-state index contributed by atoms with van der Waals surface area (Å²) in [5.41, 5.74) is 0. The number of hydrogen-bond acceptors (Lipinski definition) is 3. The fraction of sp³-hybridized carbons (Fsp3) is 0.462. The van der Waals surface area contributed by atoms with Gasteiger partial charge in [-0.2, -0.15) is 0 Å². The number of amides is 2. The molecule has 7 heteroatoms. The lowest BCUT2D eigenvalue weighted by Gasteiger charge is -2.10. The summed E-state index contributed by atoms with van der Waals surface area (Å²) in [4.78, 5) is 11.4. The second-order valence-electron chi connectivity index (χ2n) is 4.08. The summed E-state index contributed by atoms with van der Waals surface area (Å²) in [6.45, 7) is 0.763. The van der Waals surface area contributed by atoms with E-state index in [-0.39, 0.29) is 19.4 Å². The van der Waals surface area contributed by atoms with E-state index in [4.69, 9.17) is 33.0 Å². The highest BCUT2D eigenvalue weighted by molar-refractivity contribution is 6.35. The van der Waals surface area contributed by atoms with Gasteiger partial charge in [0.2, 0.25) is 0 Å². The monoisotopic (exact) mass is 320 g/mol. The molecule has 2 amide bonds. The Labute approximate surface area is 128 Å². The Morgan fingerprint density at radius 1 is 1.20 bits per heavy atom. The number of unbranched alkanes of at least 4 members (excludes halogenated alkanes) is 2. The second-order valence-corrected chi connectivity index (χ2v) is 4.92. The lowest BCUT2D eigenvalue weighted by molar-refractivity contribution is 0.223. The van der Waals surface area contributed by atoms with Crippen molar-refractivity contribution in [1.29, 1.82) is 0 Å². The molecule has 112 valence electrons. The Bertz CT molecular complexity index is 430. The van der Waals surface area contributed by atoms with Gasteiger partial charge in [0.15, 0.2) is 6.73 Å². The molecule has 0 unspecified atom stereocenters. The normalized spacial score (nSPS) is 10.2. The third kappa shape index (κ3) is 6.84. The number of carbonyl (C=O) groups is 1. The van der Waals surface area contributed by atoms with E-state index >= 15 is 0 Å². The summed E-state index contributed by atoms with van der Waals surface area (Å²) in [5, 5.41) is 14.8. The van der Waals surface area contributed by atoms with Crippen molar-refractivity contribution in [3.63, 3.8) is 0 Å². The third-order valence-electron chi connectivity index (χ3n) is 2.47. The Kier molecular flexibility index (Phi) is 8.18. The third-order valence-corrected chi connectivity index (χ3v) is 3.01. The zero-order chi connectivity index (χ0) is 14.8. The van der Waals surface area contributed by atoms with Crippen LogP contribution in [0.25, 0.3) is 0 Å². The summed E-state index contributed by atoms with van der Waals surface area (Å²) in [5.74, 6) is 0.458. The highest BCUT2D eigenvalue weighted by Crippen LogP contribution is 2.27. The van der Waals surface area contributed by atoms with Crippen molar-refractivity contribution in [3.8, 4) is 5.75 Å². The van der Waals surface area contributed by atoms with Crippen LogP contribution in [-0.4, -0.2) is 31.0 Å². The first kappa shape index (κ1) is 16.9. The largest absolute Gasteiger partial charge is 0.472 e. The van der Waals surface area contributed by atoms with Crippen molar-refractivity contribution in [2.24, 2.45) is 0 Å². The quantitative estimate of drug-likeness (QED) is 0.509. The van der Waals surface area contributed by atoms with Crippen LogP contribution in [0.2, 0.25) is 10.0 Å². The van der Waals surface area contributed by atoms with E-state index in [1.165, 1.54) is 0 Å². The van der Waals surface area contributed by atoms with Crippen molar-refractivity contribution in [2.75, 3.05) is 19.9 Å². The van der Waals surface area contributed by atoms with E-state index in [0.29, 0.717) is 22.3 Å². The number of urea groups is 1. The van der Waals surface area contributed by atoms with Crippen LogP contribution >= 0.6 is 23.2 Å². The van der Waals surface area contributed by atoms with Gasteiger partial charge in [-0.1, -0.05) is 23.2 Å². The molecular formula is C13H18Cl2N2O3. The molecule has 1 rings (SSSR count). The average molecular weight is 321 g/mol. The van der Waals surface area contributed by atoms with E-state index in [1.54, 1.807) is 18.2 Å². The minimum atomic E-state index is -0.306. The van der Waals surface area contributed by atoms with Crippen LogP contribution in [-0.2, 0) is 0 Å². The Hall–Kier alpha value is -1.17. The van der Waals surface area contributed by atoms with Gasteiger partial charge in [-0.05, 0) is 37.5 Å². The number of nitrogens with one attached hydrogen (secondary N) is 2. The van der Waals surface area contributed by atoms with Gasteiger partial charge in [-0.25, -0.2) is 4.79 Å². The number of halogens is 2. The van der Waals surface area contributed by atoms with Crippen LogP contribution in [0.5, 0.6) is 5.75 Å². The van der Waals surface area contributed by atoms with Crippen molar-refractivity contribution < 1.29 is 14.6 Å². The average Bonchev–Trinajstić information content (AvgIpc) is 2.41. The lowest BCUT2D eigenvalue weighted by atomic mass is 10.2. The number of carbonyl (C=O) groups excluding carboxylic acids is 1. The number of ether oxygens (including phenoxy) is 1.